The number of benzene rings is 6. The van der Waals surface area contributed by atoms with Crippen LogP contribution in [0.2, 0.25) is 0 Å². The second-order valence-electron chi connectivity index (χ2n) is 16.3. The van der Waals surface area contributed by atoms with E-state index < -0.39 is 0 Å². The molecule has 0 spiro atoms. The number of hydrogen-bond donors (Lipinski definition) is 6. The molecule has 4 saturated carbocycles. The predicted octanol–water partition coefficient (Wildman–Crippen LogP) is 10.1. The summed E-state index contributed by atoms with van der Waals surface area (Å²) < 4.78 is 0. The van der Waals surface area contributed by atoms with Crippen LogP contribution >= 0.6 is 0 Å². The Hall–Kier alpha value is -5.88. The van der Waals surface area contributed by atoms with Crippen molar-refractivity contribution in [1.29, 1.82) is 0 Å². The molecule has 0 amide bonds. The molecule has 4 aliphatic rings. The fourth-order valence-corrected chi connectivity index (χ4v) is 10.9. The fraction of sp³-hybridized carbons (Fsp3) is 0.250. The minimum absolute atomic E-state index is 0.0909. The van der Waals surface area contributed by atoms with Gasteiger partial charge in [0.15, 0.2) is 0 Å². The molecule has 10 rings (SSSR count). The van der Waals surface area contributed by atoms with E-state index in [9.17, 15) is 30.6 Å². The number of hydrogen-bond acceptors (Lipinski definition) is 6. The third kappa shape index (κ3) is 5.90. The standard InChI is InChI=1S/C48H44O6/c49-37-11-1-31(2-12-37)45(32-3-13-38(50)14-4-32)41-22-35(9-19-43(41)53)47-24-29-21-30(25-47)27-48(26-29,28-47)36-10-20-44(54)42(23-36)46(33-5-15-39(51)16-6-33)34-7-17-40(52)18-8-34/h1-20,22-23,29-30,45-46,49-54H,21,24-28H2. The Morgan fingerprint density at radius 2 is 0.685 bits per heavy atom. The third-order valence-electron chi connectivity index (χ3n) is 12.9. The van der Waals surface area contributed by atoms with E-state index in [0.717, 1.165) is 65.5 Å². The maximum atomic E-state index is 11.5. The lowest BCUT2D eigenvalue weighted by Crippen LogP contribution is -2.56. The largest absolute Gasteiger partial charge is 0.508 e. The highest BCUT2D eigenvalue weighted by Crippen LogP contribution is 2.66. The van der Waals surface area contributed by atoms with Crippen molar-refractivity contribution >= 4 is 0 Å². The van der Waals surface area contributed by atoms with Gasteiger partial charge in [-0.05, 0) is 155 Å². The third-order valence-corrected chi connectivity index (χ3v) is 12.9. The van der Waals surface area contributed by atoms with Gasteiger partial charge in [0.05, 0.1) is 0 Å². The van der Waals surface area contributed by atoms with E-state index in [1.807, 2.05) is 60.7 Å². The SMILES string of the molecule is Oc1ccc(C(c2ccc(O)cc2)c2cc(C34CC5CC(C3)CC(c3ccc(O)c(C(c6ccc(O)cc6)c6ccc(O)cc6)c3)(C5)C4)ccc2O)cc1. The van der Waals surface area contributed by atoms with Crippen molar-refractivity contribution in [2.75, 3.05) is 0 Å². The first-order valence-corrected chi connectivity index (χ1v) is 18.9. The first kappa shape index (κ1) is 33.9. The zero-order valence-electron chi connectivity index (χ0n) is 29.9. The highest BCUT2D eigenvalue weighted by molar-refractivity contribution is 5.55. The summed E-state index contributed by atoms with van der Waals surface area (Å²) in [6.07, 6.45) is 6.54. The molecule has 4 fully saturated rings. The van der Waals surface area contributed by atoms with E-state index in [1.54, 1.807) is 48.5 Å². The van der Waals surface area contributed by atoms with Gasteiger partial charge < -0.3 is 30.6 Å². The Balaban J connectivity index is 1.14. The maximum Gasteiger partial charge on any atom is 0.119 e. The molecule has 6 N–H and O–H groups in total. The second kappa shape index (κ2) is 12.9. The summed E-state index contributed by atoms with van der Waals surface area (Å²) in [7, 11) is 0. The molecule has 4 bridgehead atoms. The normalized spacial score (nSPS) is 22.9. The van der Waals surface area contributed by atoms with Crippen LogP contribution in [0.3, 0.4) is 0 Å². The molecule has 6 aromatic rings. The zero-order chi connectivity index (χ0) is 37.2. The summed E-state index contributed by atoms with van der Waals surface area (Å²) in [6.45, 7) is 0. The van der Waals surface area contributed by atoms with Gasteiger partial charge in [-0.2, -0.15) is 0 Å². The molecule has 6 heteroatoms. The summed E-state index contributed by atoms with van der Waals surface area (Å²) in [6, 6.07) is 40.9. The van der Waals surface area contributed by atoms with Crippen LogP contribution < -0.4 is 0 Å². The monoisotopic (exact) mass is 716 g/mol. The molecule has 4 aliphatic carbocycles. The summed E-state index contributed by atoms with van der Waals surface area (Å²) in [5, 5.41) is 63.5. The topological polar surface area (TPSA) is 121 Å². The molecule has 6 aromatic carbocycles. The van der Waals surface area contributed by atoms with Gasteiger partial charge in [0, 0.05) is 23.0 Å². The highest BCUT2D eigenvalue weighted by Gasteiger charge is 2.58. The van der Waals surface area contributed by atoms with Crippen molar-refractivity contribution in [1.82, 2.24) is 0 Å². The average Bonchev–Trinajstić information content (AvgIpc) is 3.15. The molecule has 0 atom stereocenters. The van der Waals surface area contributed by atoms with E-state index >= 15 is 0 Å². The maximum absolute atomic E-state index is 11.5. The second-order valence-corrected chi connectivity index (χ2v) is 16.3. The Morgan fingerprint density at radius 3 is 0.981 bits per heavy atom. The molecular formula is C48H44O6. The van der Waals surface area contributed by atoms with Crippen LogP contribution in [0.25, 0.3) is 0 Å². The smallest absolute Gasteiger partial charge is 0.119 e. The predicted molar refractivity (Wildman–Crippen MR) is 209 cm³/mol. The van der Waals surface area contributed by atoms with Gasteiger partial charge in [-0.25, -0.2) is 0 Å². The Kier molecular flexibility index (Phi) is 8.11. The Morgan fingerprint density at radius 1 is 0.389 bits per heavy atom. The van der Waals surface area contributed by atoms with Crippen LogP contribution in [-0.4, -0.2) is 30.6 Å². The minimum atomic E-state index is -0.314. The number of rotatable bonds is 8. The van der Waals surface area contributed by atoms with Crippen LogP contribution in [0.4, 0.5) is 0 Å². The number of phenols is 6. The first-order chi connectivity index (χ1) is 26.1. The number of phenolic OH excluding ortho intramolecular Hbond substituents is 6. The average molecular weight is 717 g/mol. The summed E-state index contributed by atoms with van der Waals surface area (Å²) in [4.78, 5) is 0. The van der Waals surface area contributed by atoms with E-state index in [4.69, 9.17) is 0 Å². The summed E-state index contributed by atoms with van der Waals surface area (Å²) in [5.41, 5.74) is 7.62. The van der Waals surface area contributed by atoms with E-state index in [0.29, 0.717) is 11.8 Å². The van der Waals surface area contributed by atoms with Crippen molar-refractivity contribution in [3.8, 4) is 34.5 Å². The molecular weight excluding hydrogens is 673 g/mol. The van der Waals surface area contributed by atoms with E-state index in [-0.39, 0.29) is 57.2 Å². The highest BCUT2D eigenvalue weighted by atomic mass is 16.3. The molecule has 0 aliphatic heterocycles. The molecule has 0 unspecified atom stereocenters. The van der Waals surface area contributed by atoms with Crippen molar-refractivity contribution in [3.63, 3.8) is 0 Å². The minimum Gasteiger partial charge on any atom is -0.508 e. The summed E-state index contributed by atoms with van der Waals surface area (Å²) in [5.74, 6) is 1.60. The molecule has 272 valence electrons. The summed E-state index contributed by atoms with van der Waals surface area (Å²) >= 11 is 0. The Labute approximate surface area is 315 Å². The molecule has 0 heterocycles. The van der Waals surface area contributed by atoms with Gasteiger partial charge in [0.2, 0.25) is 0 Å². The van der Waals surface area contributed by atoms with Crippen molar-refractivity contribution in [3.05, 3.63) is 178 Å². The van der Waals surface area contributed by atoms with Gasteiger partial charge in [-0.1, -0.05) is 72.8 Å². The lowest BCUT2D eigenvalue weighted by atomic mass is 9.41. The Bertz CT molecular complexity index is 2040. The number of aromatic hydroxyl groups is 6. The van der Waals surface area contributed by atoms with Crippen LogP contribution in [-0.2, 0) is 10.8 Å². The van der Waals surface area contributed by atoms with Gasteiger partial charge in [0.1, 0.15) is 34.5 Å². The fourth-order valence-electron chi connectivity index (χ4n) is 10.9. The molecule has 54 heavy (non-hydrogen) atoms. The van der Waals surface area contributed by atoms with E-state index in [2.05, 4.69) is 24.3 Å². The zero-order valence-corrected chi connectivity index (χ0v) is 29.9. The van der Waals surface area contributed by atoms with Crippen LogP contribution in [0.15, 0.2) is 133 Å². The van der Waals surface area contributed by atoms with Crippen LogP contribution in [0.5, 0.6) is 34.5 Å². The van der Waals surface area contributed by atoms with Crippen LogP contribution in [0.1, 0.15) is 94.9 Å². The first-order valence-electron chi connectivity index (χ1n) is 18.9. The van der Waals surface area contributed by atoms with Gasteiger partial charge in [0.25, 0.3) is 0 Å². The molecule has 0 radical (unpaired) electrons. The van der Waals surface area contributed by atoms with Crippen LogP contribution in [0, 0.1) is 11.8 Å². The lowest BCUT2D eigenvalue weighted by Gasteiger charge is -2.63. The van der Waals surface area contributed by atoms with Crippen molar-refractivity contribution in [2.24, 2.45) is 11.8 Å². The van der Waals surface area contributed by atoms with Crippen molar-refractivity contribution < 1.29 is 30.6 Å². The quantitative estimate of drug-likeness (QED) is 0.0873. The molecule has 6 nitrogen and oxygen atoms in total. The molecule has 0 saturated heterocycles. The lowest BCUT2D eigenvalue weighted by molar-refractivity contribution is -0.0282. The van der Waals surface area contributed by atoms with Gasteiger partial charge in [-0.15, -0.1) is 0 Å². The van der Waals surface area contributed by atoms with Crippen molar-refractivity contribution in [2.45, 2.75) is 61.2 Å². The van der Waals surface area contributed by atoms with Gasteiger partial charge in [-0.3, -0.25) is 0 Å². The molecule has 0 aromatic heterocycles. The van der Waals surface area contributed by atoms with Gasteiger partial charge >= 0.3 is 0 Å². The van der Waals surface area contributed by atoms with E-state index in [1.165, 1.54) is 17.5 Å².